The predicted molar refractivity (Wildman–Crippen MR) is 65.1 cm³/mol. The molecule has 3 nitrogen and oxygen atoms in total. The van der Waals surface area contributed by atoms with Crippen molar-refractivity contribution in [2.45, 2.75) is 19.8 Å². The van der Waals surface area contributed by atoms with Crippen LogP contribution in [-0.2, 0) is 17.6 Å². The number of carbonyl (C=O) groups is 1. The summed E-state index contributed by atoms with van der Waals surface area (Å²) in [5.41, 5.74) is 1.04. The Balaban J connectivity index is 2.08. The highest BCUT2D eigenvalue weighted by molar-refractivity contribution is 6.30. The number of rotatable bonds is 4. The van der Waals surface area contributed by atoms with Gasteiger partial charge in [-0.1, -0.05) is 23.7 Å². The van der Waals surface area contributed by atoms with Gasteiger partial charge >= 0.3 is 0 Å². The number of hydrogen-bond acceptors (Lipinski definition) is 3. The van der Waals surface area contributed by atoms with Crippen LogP contribution in [0.3, 0.4) is 0 Å². The van der Waals surface area contributed by atoms with Crippen molar-refractivity contribution in [3.05, 3.63) is 52.7 Å². The highest BCUT2D eigenvalue weighted by atomic mass is 35.5. The summed E-state index contributed by atoms with van der Waals surface area (Å²) < 4.78 is 5.46. The van der Waals surface area contributed by atoms with Crippen molar-refractivity contribution in [3.63, 3.8) is 0 Å². The molecule has 1 aromatic heterocycles. The number of Topliss-reactive ketones (excluding diaryl/α,β-unsaturated/α-hetero) is 1. The summed E-state index contributed by atoms with van der Waals surface area (Å²) in [6.07, 6.45) is 2.47. The van der Waals surface area contributed by atoms with E-state index < -0.39 is 0 Å². The maximum Gasteiger partial charge on any atom is 0.198 e. The first kappa shape index (κ1) is 11.9. The molecule has 0 saturated carbocycles. The molecule has 0 radical (unpaired) electrons. The minimum atomic E-state index is 0.0652. The van der Waals surface area contributed by atoms with Crippen LogP contribution in [0.15, 0.2) is 34.9 Å². The highest BCUT2D eigenvalue weighted by Crippen LogP contribution is 2.15. The molecule has 0 atom stereocenters. The third kappa shape index (κ3) is 3.43. The molecule has 1 heterocycles. The topological polar surface area (TPSA) is 43.1 Å². The van der Waals surface area contributed by atoms with E-state index in [4.69, 9.17) is 16.0 Å². The molecule has 1 aromatic carbocycles. The second-order valence-electron chi connectivity index (χ2n) is 3.91. The largest absolute Gasteiger partial charge is 0.445 e. The third-order valence-electron chi connectivity index (χ3n) is 2.27. The van der Waals surface area contributed by atoms with Crippen molar-refractivity contribution in [1.82, 2.24) is 4.98 Å². The Morgan fingerprint density at radius 2 is 2.29 bits per heavy atom. The molecule has 0 spiro atoms. The zero-order chi connectivity index (χ0) is 12.3. The molecular weight excluding hydrogens is 238 g/mol. The smallest absolute Gasteiger partial charge is 0.198 e. The van der Waals surface area contributed by atoms with Gasteiger partial charge in [0, 0.05) is 11.4 Å². The zero-order valence-corrected chi connectivity index (χ0v) is 10.2. The molecule has 0 aliphatic carbocycles. The van der Waals surface area contributed by atoms with Crippen LogP contribution in [0.4, 0.5) is 0 Å². The molecule has 0 fully saturated rings. The summed E-state index contributed by atoms with van der Waals surface area (Å²) in [7, 11) is 0. The molecule has 2 aromatic rings. The molecule has 0 bridgehead atoms. The lowest BCUT2D eigenvalue weighted by Crippen LogP contribution is -1.93. The third-order valence-corrected chi connectivity index (χ3v) is 2.50. The molecule has 0 aliphatic heterocycles. The summed E-state index contributed by atoms with van der Waals surface area (Å²) in [5.74, 6) is 1.27. The predicted octanol–water partition coefficient (Wildman–Crippen LogP) is 3.05. The molecular formula is C13H12ClNO2. The lowest BCUT2D eigenvalue weighted by Gasteiger charge is -1.97. The Morgan fingerprint density at radius 3 is 3.00 bits per heavy atom. The van der Waals surface area contributed by atoms with E-state index in [1.165, 1.54) is 6.92 Å². The standard InChI is InChI=1S/C13H12ClNO2/c1-9(16)5-12-8-15-13(17-12)7-10-3-2-4-11(14)6-10/h2-4,6,8H,5,7H2,1H3. The molecule has 4 heteroatoms. The zero-order valence-electron chi connectivity index (χ0n) is 9.44. The minimum absolute atomic E-state index is 0.0652. The Hall–Kier alpha value is -1.61. The van der Waals surface area contributed by atoms with Crippen molar-refractivity contribution in [1.29, 1.82) is 0 Å². The van der Waals surface area contributed by atoms with Crippen LogP contribution in [0.5, 0.6) is 0 Å². The van der Waals surface area contributed by atoms with Gasteiger partial charge in [-0.15, -0.1) is 0 Å². The van der Waals surface area contributed by atoms with Gasteiger partial charge in [0.2, 0.25) is 0 Å². The summed E-state index contributed by atoms with van der Waals surface area (Å²) in [6, 6.07) is 7.54. The minimum Gasteiger partial charge on any atom is -0.445 e. The van der Waals surface area contributed by atoms with Crippen molar-refractivity contribution in [2.75, 3.05) is 0 Å². The monoisotopic (exact) mass is 249 g/mol. The second-order valence-corrected chi connectivity index (χ2v) is 4.34. The molecule has 0 saturated heterocycles. The summed E-state index contributed by atoms with van der Waals surface area (Å²) >= 11 is 5.89. The average Bonchev–Trinajstić information content (AvgIpc) is 2.64. The number of oxazole rings is 1. The number of benzene rings is 1. The number of nitrogens with zero attached hydrogens (tertiary/aromatic N) is 1. The van der Waals surface area contributed by atoms with Gasteiger partial charge in [-0.3, -0.25) is 4.79 Å². The lowest BCUT2D eigenvalue weighted by atomic mass is 10.1. The number of aromatic nitrogens is 1. The Bertz CT molecular complexity index is 534. The van der Waals surface area contributed by atoms with Crippen LogP contribution in [-0.4, -0.2) is 10.8 Å². The van der Waals surface area contributed by atoms with E-state index in [2.05, 4.69) is 4.98 Å². The summed E-state index contributed by atoms with van der Waals surface area (Å²) in [6.45, 7) is 1.53. The van der Waals surface area contributed by atoms with E-state index in [1.54, 1.807) is 6.20 Å². The maximum atomic E-state index is 10.9. The molecule has 0 unspecified atom stereocenters. The van der Waals surface area contributed by atoms with Gasteiger partial charge in [0.25, 0.3) is 0 Å². The normalized spacial score (nSPS) is 10.5. The average molecular weight is 250 g/mol. The van der Waals surface area contributed by atoms with E-state index in [0.717, 1.165) is 5.56 Å². The van der Waals surface area contributed by atoms with Crippen LogP contribution >= 0.6 is 11.6 Å². The fraction of sp³-hybridized carbons (Fsp3) is 0.231. The van der Waals surface area contributed by atoms with Crippen LogP contribution in [0.2, 0.25) is 5.02 Å². The van der Waals surface area contributed by atoms with E-state index in [1.807, 2.05) is 24.3 Å². The first-order valence-electron chi connectivity index (χ1n) is 5.31. The summed E-state index contributed by atoms with van der Waals surface area (Å²) in [4.78, 5) is 15.1. The van der Waals surface area contributed by atoms with E-state index in [9.17, 15) is 4.79 Å². The SMILES string of the molecule is CC(=O)Cc1cnc(Cc2cccc(Cl)c2)o1. The van der Waals surface area contributed by atoms with Gasteiger partial charge in [0.05, 0.1) is 12.6 Å². The number of hydrogen-bond donors (Lipinski definition) is 0. The fourth-order valence-corrected chi connectivity index (χ4v) is 1.79. The Kier molecular flexibility index (Phi) is 3.59. The maximum absolute atomic E-state index is 10.9. The van der Waals surface area contributed by atoms with Crippen molar-refractivity contribution < 1.29 is 9.21 Å². The Morgan fingerprint density at radius 1 is 1.47 bits per heavy atom. The van der Waals surface area contributed by atoms with E-state index in [0.29, 0.717) is 29.5 Å². The van der Waals surface area contributed by atoms with Crippen LogP contribution in [0.1, 0.15) is 24.1 Å². The van der Waals surface area contributed by atoms with Crippen molar-refractivity contribution in [2.24, 2.45) is 0 Å². The van der Waals surface area contributed by atoms with Crippen LogP contribution < -0.4 is 0 Å². The molecule has 0 N–H and O–H groups in total. The van der Waals surface area contributed by atoms with E-state index >= 15 is 0 Å². The van der Waals surface area contributed by atoms with Crippen LogP contribution in [0, 0.1) is 0 Å². The Labute approximate surface area is 104 Å². The van der Waals surface area contributed by atoms with Gasteiger partial charge in [0.1, 0.15) is 11.5 Å². The number of ketones is 1. The first-order chi connectivity index (χ1) is 8.13. The first-order valence-corrected chi connectivity index (χ1v) is 5.69. The molecule has 17 heavy (non-hydrogen) atoms. The quantitative estimate of drug-likeness (QED) is 0.836. The fourth-order valence-electron chi connectivity index (χ4n) is 1.58. The van der Waals surface area contributed by atoms with Crippen molar-refractivity contribution in [3.8, 4) is 0 Å². The van der Waals surface area contributed by atoms with Gasteiger partial charge in [-0.05, 0) is 24.6 Å². The van der Waals surface area contributed by atoms with E-state index in [-0.39, 0.29) is 5.78 Å². The molecule has 2 rings (SSSR count). The van der Waals surface area contributed by atoms with Gasteiger partial charge in [-0.25, -0.2) is 4.98 Å². The second kappa shape index (κ2) is 5.15. The number of halogens is 1. The molecule has 88 valence electrons. The number of carbonyl (C=O) groups excluding carboxylic acids is 1. The summed E-state index contributed by atoms with van der Waals surface area (Å²) in [5, 5.41) is 0.693. The highest BCUT2D eigenvalue weighted by Gasteiger charge is 2.07. The molecule has 0 aliphatic rings. The van der Waals surface area contributed by atoms with Crippen LogP contribution in [0.25, 0.3) is 0 Å². The van der Waals surface area contributed by atoms with Gasteiger partial charge in [-0.2, -0.15) is 0 Å². The molecule has 0 amide bonds. The lowest BCUT2D eigenvalue weighted by molar-refractivity contribution is -0.116. The van der Waals surface area contributed by atoms with Gasteiger partial charge in [0.15, 0.2) is 5.89 Å². The van der Waals surface area contributed by atoms with Gasteiger partial charge < -0.3 is 4.42 Å². The van der Waals surface area contributed by atoms with Crippen molar-refractivity contribution >= 4 is 17.4 Å².